The van der Waals surface area contributed by atoms with E-state index >= 15 is 0 Å². The third kappa shape index (κ3) is 2.67. The Bertz CT molecular complexity index is 664. The highest BCUT2D eigenvalue weighted by molar-refractivity contribution is 7.89. The largest absolute Gasteiger partial charge is 0.384 e. The van der Waals surface area contributed by atoms with Gasteiger partial charge in [0.15, 0.2) is 0 Å². The van der Waals surface area contributed by atoms with Gasteiger partial charge in [-0.25, -0.2) is 17.5 Å². The molecule has 0 bridgehead atoms. The molecule has 2 fully saturated rings. The lowest BCUT2D eigenvalue weighted by Crippen LogP contribution is -2.62. The van der Waals surface area contributed by atoms with Crippen molar-refractivity contribution in [1.82, 2.24) is 4.72 Å². The second-order valence-corrected chi connectivity index (χ2v) is 7.67. The van der Waals surface area contributed by atoms with Crippen LogP contribution in [-0.2, 0) is 19.5 Å². The number of sulfonamides is 1. The monoisotopic (exact) mass is 329 g/mol. The third-order valence-electron chi connectivity index (χ3n) is 4.56. The van der Waals surface area contributed by atoms with Crippen molar-refractivity contribution in [3.05, 3.63) is 29.6 Å². The lowest BCUT2D eigenvalue weighted by Gasteiger charge is -2.47. The number of rotatable bonds is 5. The Balaban J connectivity index is 1.81. The normalized spacial score (nSPS) is 30.9. The molecule has 4 atom stereocenters. The molecule has 1 aromatic rings. The minimum absolute atomic E-state index is 0.0271. The maximum absolute atomic E-state index is 14.0. The molecule has 22 heavy (non-hydrogen) atoms. The van der Waals surface area contributed by atoms with Crippen LogP contribution in [0.25, 0.3) is 0 Å². The van der Waals surface area contributed by atoms with E-state index in [2.05, 4.69) is 4.72 Å². The summed E-state index contributed by atoms with van der Waals surface area (Å²) in [5, 5.41) is 0. The Morgan fingerprint density at radius 3 is 2.91 bits per heavy atom. The van der Waals surface area contributed by atoms with Crippen LogP contribution in [0.15, 0.2) is 23.1 Å². The zero-order valence-corrected chi connectivity index (χ0v) is 13.4. The fourth-order valence-corrected chi connectivity index (χ4v) is 4.86. The molecule has 5 nitrogen and oxygen atoms in total. The van der Waals surface area contributed by atoms with Gasteiger partial charge in [0.25, 0.3) is 0 Å². The summed E-state index contributed by atoms with van der Waals surface area (Å²) in [6, 6.07) is 3.86. The molecule has 3 rings (SSSR count). The van der Waals surface area contributed by atoms with Gasteiger partial charge in [0, 0.05) is 31.6 Å². The average molecular weight is 329 g/mol. The zero-order chi connectivity index (χ0) is 15.9. The molecule has 0 amide bonds. The fraction of sp³-hybridized carbons (Fsp3) is 0.600. The molecule has 1 saturated carbocycles. The Morgan fingerprint density at radius 2 is 2.23 bits per heavy atom. The minimum atomic E-state index is -3.89. The lowest BCUT2D eigenvalue weighted by molar-refractivity contribution is -0.0775. The highest BCUT2D eigenvalue weighted by atomic mass is 32.2. The van der Waals surface area contributed by atoms with Crippen molar-refractivity contribution < 1.29 is 22.3 Å². The predicted molar refractivity (Wildman–Crippen MR) is 78.5 cm³/mol. The first-order chi connectivity index (χ1) is 10.4. The van der Waals surface area contributed by atoms with Crippen LogP contribution in [0.3, 0.4) is 0 Å². The van der Waals surface area contributed by atoms with Crippen molar-refractivity contribution in [1.29, 1.82) is 0 Å². The van der Waals surface area contributed by atoms with Crippen molar-refractivity contribution in [2.45, 2.75) is 30.4 Å². The molecule has 1 N–H and O–H groups in total. The second-order valence-electron chi connectivity index (χ2n) is 5.99. The molecule has 122 valence electrons. The fourth-order valence-electron chi connectivity index (χ4n) is 3.46. The highest BCUT2D eigenvalue weighted by Gasteiger charge is 2.55. The molecule has 0 radical (unpaired) electrons. The van der Waals surface area contributed by atoms with Gasteiger partial charge in [0.1, 0.15) is 10.7 Å². The summed E-state index contributed by atoms with van der Waals surface area (Å²) < 4.78 is 52.3. The van der Waals surface area contributed by atoms with Gasteiger partial charge in [-0.3, -0.25) is 0 Å². The number of hydrogen-bond acceptors (Lipinski definition) is 4. The van der Waals surface area contributed by atoms with E-state index in [1.54, 1.807) is 20.1 Å². The van der Waals surface area contributed by atoms with Crippen molar-refractivity contribution >= 4 is 10.0 Å². The van der Waals surface area contributed by atoms with Gasteiger partial charge in [-0.05, 0) is 31.0 Å². The van der Waals surface area contributed by atoms with Gasteiger partial charge in [0.2, 0.25) is 10.0 Å². The maximum Gasteiger partial charge on any atom is 0.243 e. The van der Waals surface area contributed by atoms with Gasteiger partial charge < -0.3 is 9.47 Å². The molecule has 1 aromatic carbocycles. The first kappa shape index (κ1) is 15.9. The van der Waals surface area contributed by atoms with E-state index in [1.165, 1.54) is 12.1 Å². The summed E-state index contributed by atoms with van der Waals surface area (Å²) in [7, 11) is -2.32. The van der Waals surface area contributed by atoms with Crippen molar-refractivity contribution in [2.24, 2.45) is 11.8 Å². The van der Waals surface area contributed by atoms with Crippen molar-refractivity contribution in [3.8, 4) is 0 Å². The molecular formula is C15H20FNO4S. The van der Waals surface area contributed by atoms with Crippen LogP contribution in [0.2, 0.25) is 0 Å². The number of methoxy groups -OCH3 is 1. The summed E-state index contributed by atoms with van der Waals surface area (Å²) in [6.45, 7) is 2.77. The Hall–Kier alpha value is -1.02. The van der Waals surface area contributed by atoms with Gasteiger partial charge in [0.05, 0.1) is 12.7 Å². The standard InChI is InChI=1S/C15H20FNO4S/c1-9-3-4-13(12(16)7-9)22(18,19)17-14-10-5-6-21-15(10)11(14)8-20-2/h3-4,7,10-11,14-15,17H,5-6,8H2,1-2H3/t10-,11+,14+,15-/m0/s1. The smallest absolute Gasteiger partial charge is 0.243 e. The van der Waals surface area contributed by atoms with Gasteiger partial charge >= 0.3 is 0 Å². The highest BCUT2D eigenvalue weighted by Crippen LogP contribution is 2.44. The number of halogens is 1. The molecule has 0 aromatic heterocycles. The number of aryl methyl sites for hydroxylation is 1. The maximum atomic E-state index is 14.0. The number of hydrogen-bond donors (Lipinski definition) is 1. The van der Waals surface area contributed by atoms with Crippen LogP contribution < -0.4 is 4.72 Å². The third-order valence-corrected chi connectivity index (χ3v) is 6.05. The van der Waals surface area contributed by atoms with Crippen LogP contribution in [0.1, 0.15) is 12.0 Å². The number of fused-ring (bicyclic) bond motifs is 1. The summed E-state index contributed by atoms with van der Waals surface area (Å²) in [4.78, 5) is -0.309. The molecule has 1 heterocycles. The molecule has 1 aliphatic heterocycles. The average Bonchev–Trinajstić information content (AvgIpc) is 2.86. The first-order valence-corrected chi connectivity index (χ1v) is 8.81. The SMILES string of the molecule is COC[C@@H]1[C@H](NS(=O)(=O)c2ccc(C)cc2F)[C@@H]2CCO[C@H]12. The lowest BCUT2D eigenvalue weighted by atomic mass is 9.68. The van der Waals surface area contributed by atoms with Crippen LogP contribution in [-0.4, -0.2) is 40.9 Å². The molecule has 7 heteroatoms. The Morgan fingerprint density at radius 1 is 1.45 bits per heavy atom. The second kappa shape index (κ2) is 5.88. The van der Waals surface area contributed by atoms with E-state index in [-0.39, 0.29) is 28.9 Å². The Kier molecular flexibility index (Phi) is 4.24. The molecule has 1 aliphatic carbocycles. The van der Waals surface area contributed by atoms with E-state index in [0.717, 1.165) is 6.42 Å². The van der Waals surface area contributed by atoms with Crippen molar-refractivity contribution in [3.63, 3.8) is 0 Å². The number of benzene rings is 1. The summed E-state index contributed by atoms with van der Waals surface area (Å²) in [6.07, 6.45) is 0.851. The van der Waals surface area contributed by atoms with Crippen LogP contribution in [0.5, 0.6) is 0 Å². The molecule has 1 saturated heterocycles. The van der Waals surface area contributed by atoms with Crippen molar-refractivity contribution in [2.75, 3.05) is 20.3 Å². The van der Waals surface area contributed by atoms with Crippen LogP contribution in [0, 0.1) is 24.6 Å². The van der Waals surface area contributed by atoms with E-state index in [1.807, 2.05) is 0 Å². The summed E-state index contributed by atoms with van der Waals surface area (Å²) >= 11 is 0. The van der Waals surface area contributed by atoms with Crippen LogP contribution >= 0.6 is 0 Å². The minimum Gasteiger partial charge on any atom is -0.384 e. The van der Waals surface area contributed by atoms with Crippen LogP contribution in [0.4, 0.5) is 4.39 Å². The van der Waals surface area contributed by atoms with E-state index in [0.29, 0.717) is 18.8 Å². The van der Waals surface area contributed by atoms with Gasteiger partial charge in [-0.1, -0.05) is 6.07 Å². The number of ether oxygens (including phenoxy) is 2. The topological polar surface area (TPSA) is 64.6 Å². The zero-order valence-electron chi connectivity index (χ0n) is 12.6. The summed E-state index contributed by atoms with van der Waals surface area (Å²) in [5.74, 6) is -0.612. The van der Waals surface area contributed by atoms with Gasteiger partial charge in [-0.2, -0.15) is 0 Å². The van der Waals surface area contributed by atoms with E-state index in [4.69, 9.17) is 9.47 Å². The first-order valence-electron chi connectivity index (χ1n) is 7.33. The van der Waals surface area contributed by atoms with E-state index < -0.39 is 15.8 Å². The number of nitrogens with one attached hydrogen (secondary N) is 1. The molecule has 0 unspecified atom stereocenters. The molecule has 0 spiro atoms. The van der Waals surface area contributed by atoms with E-state index in [9.17, 15) is 12.8 Å². The molecule has 2 aliphatic rings. The molecular weight excluding hydrogens is 309 g/mol. The van der Waals surface area contributed by atoms with Gasteiger partial charge in [-0.15, -0.1) is 0 Å². The predicted octanol–water partition coefficient (Wildman–Crippen LogP) is 1.46. The Labute approximate surface area is 129 Å². The quantitative estimate of drug-likeness (QED) is 0.888. The summed E-state index contributed by atoms with van der Waals surface area (Å²) in [5.41, 5.74) is 0.682.